The molecule has 1 N–H and O–H groups in total. The molecule has 4 nitrogen and oxygen atoms in total. The summed E-state index contributed by atoms with van der Waals surface area (Å²) in [7, 11) is 0. The van der Waals surface area contributed by atoms with Gasteiger partial charge in [-0.25, -0.2) is 4.79 Å². The van der Waals surface area contributed by atoms with E-state index in [0.29, 0.717) is 10.6 Å². The molecule has 1 aromatic rings. The Morgan fingerprint density at radius 3 is 2.62 bits per heavy atom. The molecule has 0 aliphatic carbocycles. The molecule has 0 spiro atoms. The molecule has 0 amide bonds. The van der Waals surface area contributed by atoms with E-state index in [1.165, 1.54) is 12.1 Å². The van der Waals surface area contributed by atoms with Crippen LogP contribution in [0.2, 0.25) is 5.02 Å². The minimum Gasteiger partial charge on any atom is -0.507 e. The number of halogens is 1. The maximum absolute atomic E-state index is 11.5. The van der Waals surface area contributed by atoms with Crippen LogP contribution in [-0.4, -0.2) is 23.5 Å². The molecule has 5 heteroatoms. The fraction of sp³-hybridized carbons (Fsp3) is 0.273. The number of esters is 1. The zero-order chi connectivity index (χ0) is 12.3. The van der Waals surface area contributed by atoms with Gasteiger partial charge < -0.3 is 9.84 Å². The summed E-state index contributed by atoms with van der Waals surface area (Å²) in [6.07, 6.45) is 0. The van der Waals surface area contributed by atoms with Crippen LogP contribution in [0.15, 0.2) is 12.1 Å². The summed E-state index contributed by atoms with van der Waals surface area (Å²) in [6.45, 7) is 3.37. The van der Waals surface area contributed by atoms with E-state index in [1.807, 2.05) is 0 Å². The zero-order valence-corrected chi connectivity index (χ0v) is 9.67. The van der Waals surface area contributed by atoms with Gasteiger partial charge in [0.15, 0.2) is 0 Å². The fourth-order valence-electron chi connectivity index (χ4n) is 1.15. The third-order valence-corrected chi connectivity index (χ3v) is 2.39. The average molecular weight is 243 g/mol. The SMILES string of the molecule is CCOC(=O)C(=O)c1cc(Cl)c(C)cc1O. The Balaban J connectivity index is 3.09. The largest absolute Gasteiger partial charge is 0.507 e. The van der Waals surface area contributed by atoms with Crippen molar-refractivity contribution < 1.29 is 19.4 Å². The Kier molecular flexibility index (Phi) is 3.90. The molecule has 0 unspecified atom stereocenters. The van der Waals surface area contributed by atoms with Crippen LogP contribution in [-0.2, 0) is 9.53 Å². The van der Waals surface area contributed by atoms with Gasteiger partial charge in [0.25, 0.3) is 5.78 Å². The lowest BCUT2D eigenvalue weighted by Crippen LogP contribution is -2.17. The van der Waals surface area contributed by atoms with Crippen molar-refractivity contribution in [2.45, 2.75) is 13.8 Å². The smallest absolute Gasteiger partial charge is 0.379 e. The Hall–Kier alpha value is -1.55. The molecule has 86 valence electrons. The summed E-state index contributed by atoms with van der Waals surface area (Å²) in [5, 5.41) is 9.83. The monoisotopic (exact) mass is 242 g/mol. The highest BCUT2D eigenvalue weighted by Gasteiger charge is 2.21. The van der Waals surface area contributed by atoms with Crippen LogP contribution in [0.5, 0.6) is 5.75 Å². The lowest BCUT2D eigenvalue weighted by atomic mass is 10.1. The number of aryl methyl sites for hydroxylation is 1. The van der Waals surface area contributed by atoms with E-state index < -0.39 is 11.8 Å². The minimum absolute atomic E-state index is 0.102. The van der Waals surface area contributed by atoms with Gasteiger partial charge in [-0.2, -0.15) is 0 Å². The number of carbonyl (C=O) groups excluding carboxylic acids is 2. The molecule has 16 heavy (non-hydrogen) atoms. The molecule has 0 radical (unpaired) electrons. The molecule has 1 rings (SSSR count). The summed E-state index contributed by atoms with van der Waals surface area (Å²) in [5.74, 6) is -2.18. The van der Waals surface area contributed by atoms with Crippen molar-refractivity contribution >= 4 is 23.4 Å². The van der Waals surface area contributed by atoms with Gasteiger partial charge >= 0.3 is 5.97 Å². The first-order valence-corrected chi connectivity index (χ1v) is 5.05. The number of ketones is 1. The van der Waals surface area contributed by atoms with Crippen LogP contribution in [0.4, 0.5) is 0 Å². The van der Waals surface area contributed by atoms with Crippen molar-refractivity contribution in [3.63, 3.8) is 0 Å². The Labute approximate surface area is 97.8 Å². The maximum Gasteiger partial charge on any atom is 0.379 e. The van der Waals surface area contributed by atoms with E-state index in [4.69, 9.17) is 11.6 Å². The van der Waals surface area contributed by atoms with Crippen molar-refractivity contribution in [3.8, 4) is 5.75 Å². The molecule has 0 saturated heterocycles. The van der Waals surface area contributed by atoms with Gasteiger partial charge in [-0.15, -0.1) is 0 Å². The van der Waals surface area contributed by atoms with Crippen molar-refractivity contribution in [1.29, 1.82) is 0 Å². The van der Waals surface area contributed by atoms with Crippen molar-refractivity contribution in [2.75, 3.05) is 6.61 Å². The summed E-state index contributed by atoms with van der Waals surface area (Å²) >= 11 is 5.80. The van der Waals surface area contributed by atoms with E-state index in [0.717, 1.165) is 0 Å². The van der Waals surface area contributed by atoms with E-state index >= 15 is 0 Å². The van der Waals surface area contributed by atoms with Crippen LogP contribution in [0.3, 0.4) is 0 Å². The molecule has 1 aromatic carbocycles. The van der Waals surface area contributed by atoms with Crippen LogP contribution in [0, 0.1) is 6.92 Å². The molecule has 0 aliphatic heterocycles. The number of phenolic OH excluding ortho intramolecular Hbond substituents is 1. The molecular weight excluding hydrogens is 232 g/mol. The number of phenols is 1. The minimum atomic E-state index is -1.00. The number of carbonyl (C=O) groups is 2. The van der Waals surface area contributed by atoms with Crippen LogP contribution in [0.25, 0.3) is 0 Å². The highest BCUT2D eigenvalue weighted by atomic mass is 35.5. The van der Waals surface area contributed by atoms with E-state index in [1.54, 1.807) is 13.8 Å². The first-order chi connectivity index (χ1) is 7.47. The summed E-state index contributed by atoms with van der Waals surface area (Å²) in [4.78, 5) is 22.7. The molecule has 0 atom stereocenters. The van der Waals surface area contributed by atoms with Gasteiger partial charge in [0.2, 0.25) is 0 Å². The number of ether oxygens (including phenoxy) is 1. The van der Waals surface area contributed by atoms with E-state index in [-0.39, 0.29) is 17.9 Å². The van der Waals surface area contributed by atoms with Crippen molar-refractivity contribution in [1.82, 2.24) is 0 Å². The van der Waals surface area contributed by atoms with Gasteiger partial charge in [0, 0.05) is 5.02 Å². The van der Waals surface area contributed by atoms with E-state index in [2.05, 4.69) is 4.74 Å². The second-order valence-electron chi connectivity index (χ2n) is 3.17. The van der Waals surface area contributed by atoms with Gasteiger partial charge in [0.05, 0.1) is 12.2 Å². The number of aromatic hydroxyl groups is 1. The van der Waals surface area contributed by atoms with Crippen LogP contribution in [0.1, 0.15) is 22.8 Å². The number of Topliss-reactive ketones (excluding diaryl/α,β-unsaturated/α-hetero) is 1. The molecule has 0 fully saturated rings. The molecular formula is C11H11ClO4. The summed E-state index contributed by atoms with van der Waals surface area (Å²) in [6, 6.07) is 2.58. The fourth-order valence-corrected chi connectivity index (χ4v) is 1.32. The summed E-state index contributed by atoms with van der Waals surface area (Å²) in [5.41, 5.74) is 0.480. The van der Waals surface area contributed by atoms with Crippen LogP contribution >= 0.6 is 11.6 Å². The Morgan fingerprint density at radius 2 is 2.06 bits per heavy atom. The number of hydrogen-bond donors (Lipinski definition) is 1. The number of benzene rings is 1. The van der Waals surface area contributed by atoms with Crippen molar-refractivity contribution in [2.24, 2.45) is 0 Å². The van der Waals surface area contributed by atoms with Crippen molar-refractivity contribution in [3.05, 3.63) is 28.3 Å². The maximum atomic E-state index is 11.5. The predicted octanol–water partition coefficient (Wildman–Crippen LogP) is 2.10. The first kappa shape index (κ1) is 12.5. The molecule has 0 aromatic heterocycles. The standard InChI is InChI=1S/C11H11ClO4/c1-3-16-11(15)10(14)7-5-8(12)6(2)4-9(7)13/h4-5,13H,3H2,1-2H3. The predicted molar refractivity (Wildman–Crippen MR) is 58.8 cm³/mol. The van der Waals surface area contributed by atoms with E-state index in [9.17, 15) is 14.7 Å². The van der Waals surface area contributed by atoms with Gasteiger partial charge in [0.1, 0.15) is 5.75 Å². The topological polar surface area (TPSA) is 63.6 Å². The Bertz CT molecular complexity index is 440. The van der Waals surface area contributed by atoms with Gasteiger partial charge in [-0.05, 0) is 31.5 Å². The molecule has 0 heterocycles. The number of hydrogen-bond acceptors (Lipinski definition) is 4. The summed E-state index contributed by atoms with van der Waals surface area (Å²) < 4.78 is 4.54. The Morgan fingerprint density at radius 1 is 1.44 bits per heavy atom. The third kappa shape index (κ3) is 2.52. The quantitative estimate of drug-likeness (QED) is 0.501. The first-order valence-electron chi connectivity index (χ1n) is 4.68. The second-order valence-corrected chi connectivity index (χ2v) is 3.58. The third-order valence-electron chi connectivity index (χ3n) is 1.98. The average Bonchev–Trinajstić information content (AvgIpc) is 2.23. The molecule has 0 bridgehead atoms. The highest BCUT2D eigenvalue weighted by molar-refractivity contribution is 6.42. The van der Waals surface area contributed by atoms with Crippen LogP contribution < -0.4 is 0 Å². The lowest BCUT2D eigenvalue weighted by Gasteiger charge is -2.05. The molecule has 0 saturated carbocycles. The highest BCUT2D eigenvalue weighted by Crippen LogP contribution is 2.26. The normalized spacial score (nSPS) is 9.94. The second kappa shape index (κ2) is 4.99. The van der Waals surface area contributed by atoms with Gasteiger partial charge in [-0.3, -0.25) is 4.79 Å². The lowest BCUT2D eigenvalue weighted by molar-refractivity contribution is -0.137. The molecule has 0 aliphatic rings. The number of rotatable bonds is 3. The zero-order valence-electron chi connectivity index (χ0n) is 8.91. The van der Waals surface area contributed by atoms with Gasteiger partial charge in [-0.1, -0.05) is 11.6 Å².